The lowest BCUT2D eigenvalue weighted by molar-refractivity contribution is 0.441. The van der Waals surface area contributed by atoms with Crippen LogP contribution in [0.3, 0.4) is 0 Å². The first-order chi connectivity index (χ1) is 9.86. The lowest BCUT2D eigenvalue weighted by Gasteiger charge is -2.09. The van der Waals surface area contributed by atoms with Crippen molar-refractivity contribution in [2.45, 2.75) is 12.3 Å². The Morgan fingerprint density at radius 1 is 1.05 bits per heavy atom. The van der Waals surface area contributed by atoms with Crippen LogP contribution in [-0.2, 0) is 6.42 Å². The number of hydrogen-bond donors (Lipinski definition) is 1. The zero-order valence-corrected chi connectivity index (χ0v) is 10.9. The first-order valence-corrected chi connectivity index (χ1v) is 6.48. The monoisotopic (exact) mass is 269 g/mol. The highest BCUT2D eigenvalue weighted by Crippen LogP contribution is 2.23. The molecule has 1 unspecified atom stereocenters. The molecular weight excluding hydrogens is 254 g/mol. The highest BCUT2D eigenvalue weighted by Gasteiger charge is 2.19. The van der Waals surface area contributed by atoms with Gasteiger partial charge in [-0.3, -0.25) is 0 Å². The molecule has 20 heavy (non-hydrogen) atoms. The minimum Gasteiger partial charge on any atom is -0.459 e. The van der Waals surface area contributed by atoms with Crippen molar-refractivity contribution >= 4 is 0 Å². The Bertz CT molecular complexity index is 647. The smallest absolute Gasteiger partial charge is 0.283 e. The fraction of sp³-hybridized carbons (Fsp3) is 0.200. The van der Waals surface area contributed by atoms with E-state index in [-0.39, 0.29) is 5.92 Å². The molecule has 2 heterocycles. The van der Waals surface area contributed by atoms with Gasteiger partial charge in [0.2, 0.25) is 5.89 Å². The minimum absolute atomic E-state index is 0.00797. The highest BCUT2D eigenvalue weighted by molar-refractivity contribution is 5.42. The number of benzene rings is 1. The van der Waals surface area contributed by atoms with Gasteiger partial charge >= 0.3 is 0 Å². The van der Waals surface area contributed by atoms with E-state index in [1.807, 2.05) is 18.2 Å². The van der Waals surface area contributed by atoms with Crippen LogP contribution in [0.15, 0.2) is 57.6 Å². The van der Waals surface area contributed by atoms with E-state index in [1.165, 1.54) is 5.56 Å². The average Bonchev–Trinajstić information content (AvgIpc) is 3.16. The van der Waals surface area contributed by atoms with Crippen molar-refractivity contribution in [1.29, 1.82) is 0 Å². The molecular formula is C15H15N3O2. The van der Waals surface area contributed by atoms with Gasteiger partial charge in [0.1, 0.15) is 0 Å². The van der Waals surface area contributed by atoms with E-state index < -0.39 is 0 Å². The number of rotatable bonds is 5. The normalized spacial score (nSPS) is 12.4. The Morgan fingerprint density at radius 3 is 2.60 bits per heavy atom. The van der Waals surface area contributed by atoms with Crippen LogP contribution in [0.4, 0.5) is 0 Å². The lowest BCUT2D eigenvalue weighted by atomic mass is 9.99. The molecule has 5 heteroatoms. The number of hydrogen-bond acceptors (Lipinski definition) is 5. The van der Waals surface area contributed by atoms with Gasteiger partial charge in [-0.1, -0.05) is 30.3 Å². The molecule has 1 atom stereocenters. The Labute approximate surface area is 116 Å². The Balaban J connectivity index is 1.80. The SMILES string of the molecule is NCC(Cc1ccccc1)c1nnc(-c2ccco2)o1. The van der Waals surface area contributed by atoms with Crippen molar-refractivity contribution in [1.82, 2.24) is 10.2 Å². The van der Waals surface area contributed by atoms with E-state index in [0.29, 0.717) is 24.1 Å². The fourth-order valence-electron chi connectivity index (χ4n) is 2.07. The largest absolute Gasteiger partial charge is 0.459 e. The summed E-state index contributed by atoms with van der Waals surface area (Å²) in [6.07, 6.45) is 2.35. The molecule has 0 aliphatic carbocycles. The highest BCUT2D eigenvalue weighted by atomic mass is 16.4. The second-order valence-electron chi connectivity index (χ2n) is 4.55. The molecule has 2 aromatic heterocycles. The van der Waals surface area contributed by atoms with Crippen molar-refractivity contribution in [3.63, 3.8) is 0 Å². The summed E-state index contributed by atoms with van der Waals surface area (Å²) in [6.45, 7) is 0.453. The van der Waals surface area contributed by atoms with E-state index in [0.717, 1.165) is 6.42 Å². The number of nitrogens with two attached hydrogens (primary N) is 1. The maximum Gasteiger partial charge on any atom is 0.283 e. The number of nitrogens with zero attached hydrogens (tertiary/aromatic N) is 2. The molecule has 102 valence electrons. The van der Waals surface area contributed by atoms with Crippen molar-refractivity contribution < 1.29 is 8.83 Å². The van der Waals surface area contributed by atoms with Crippen LogP contribution in [0.25, 0.3) is 11.7 Å². The van der Waals surface area contributed by atoms with Gasteiger partial charge in [-0.05, 0) is 24.1 Å². The van der Waals surface area contributed by atoms with Crippen molar-refractivity contribution in [3.8, 4) is 11.7 Å². The maximum atomic E-state index is 5.83. The molecule has 2 N–H and O–H groups in total. The summed E-state index contributed by atoms with van der Waals surface area (Å²) in [7, 11) is 0. The van der Waals surface area contributed by atoms with Crippen LogP contribution >= 0.6 is 0 Å². The predicted molar refractivity (Wildman–Crippen MR) is 73.9 cm³/mol. The Kier molecular flexibility index (Phi) is 3.60. The van der Waals surface area contributed by atoms with Crippen LogP contribution in [0.2, 0.25) is 0 Å². The van der Waals surface area contributed by atoms with Gasteiger partial charge in [-0.15, -0.1) is 10.2 Å². The average molecular weight is 269 g/mol. The summed E-state index contributed by atoms with van der Waals surface area (Å²) < 4.78 is 10.9. The standard InChI is InChI=1S/C15H15N3O2/c16-10-12(9-11-5-2-1-3-6-11)14-17-18-15(20-14)13-7-4-8-19-13/h1-8,12H,9-10,16H2. The molecule has 0 amide bonds. The molecule has 0 aliphatic heterocycles. The van der Waals surface area contributed by atoms with Gasteiger partial charge in [0.15, 0.2) is 5.76 Å². The summed E-state index contributed by atoms with van der Waals surface area (Å²) >= 11 is 0. The topological polar surface area (TPSA) is 78.1 Å². The van der Waals surface area contributed by atoms with E-state index in [9.17, 15) is 0 Å². The van der Waals surface area contributed by atoms with Crippen LogP contribution in [-0.4, -0.2) is 16.7 Å². The van der Waals surface area contributed by atoms with Crippen LogP contribution < -0.4 is 5.73 Å². The Morgan fingerprint density at radius 2 is 1.90 bits per heavy atom. The molecule has 0 fully saturated rings. The summed E-state index contributed by atoms with van der Waals surface area (Å²) in [6, 6.07) is 13.7. The van der Waals surface area contributed by atoms with Gasteiger partial charge < -0.3 is 14.6 Å². The molecule has 0 saturated heterocycles. The van der Waals surface area contributed by atoms with E-state index in [1.54, 1.807) is 18.4 Å². The molecule has 0 bridgehead atoms. The minimum atomic E-state index is 0.00797. The van der Waals surface area contributed by atoms with Gasteiger partial charge in [-0.2, -0.15) is 0 Å². The maximum absolute atomic E-state index is 5.83. The van der Waals surface area contributed by atoms with Crippen LogP contribution in [0.5, 0.6) is 0 Å². The fourth-order valence-corrected chi connectivity index (χ4v) is 2.07. The molecule has 0 saturated carbocycles. The number of furan rings is 1. The second-order valence-corrected chi connectivity index (χ2v) is 4.55. The van der Waals surface area contributed by atoms with Gasteiger partial charge in [0.25, 0.3) is 5.89 Å². The molecule has 3 rings (SSSR count). The lowest BCUT2D eigenvalue weighted by Crippen LogP contribution is -2.15. The van der Waals surface area contributed by atoms with Crippen LogP contribution in [0, 0.1) is 0 Å². The summed E-state index contributed by atoms with van der Waals surface area (Å²) in [4.78, 5) is 0. The van der Waals surface area contributed by atoms with E-state index in [4.69, 9.17) is 14.6 Å². The Hall–Kier alpha value is -2.40. The van der Waals surface area contributed by atoms with Crippen LogP contribution in [0.1, 0.15) is 17.4 Å². The van der Waals surface area contributed by atoms with Gasteiger partial charge in [0, 0.05) is 6.54 Å². The molecule has 1 aromatic carbocycles. The molecule has 0 radical (unpaired) electrons. The third-order valence-corrected chi connectivity index (χ3v) is 3.13. The summed E-state index contributed by atoms with van der Waals surface area (Å²) in [5.41, 5.74) is 7.02. The summed E-state index contributed by atoms with van der Waals surface area (Å²) in [5.74, 6) is 1.51. The zero-order valence-electron chi connectivity index (χ0n) is 10.9. The van der Waals surface area contributed by atoms with E-state index in [2.05, 4.69) is 22.3 Å². The van der Waals surface area contributed by atoms with Crippen molar-refractivity contribution in [3.05, 3.63) is 60.2 Å². The van der Waals surface area contributed by atoms with Crippen molar-refractivity contribution in [2.75, 3.05) is 6.54 Å². The third-order valence-electron chi connectivity index (χ3n) is 3.13. The van der Waals surface area contributed by atoms with Gasteiger partial charge in [0.05, 0.1) is 12.2 Å². The molecule has 3 aromatic rings. The first-order valence-electron chi connectivity index (χ1n) is 6.48. The summed E-state index contributed by atoms with van der Waals surface area (Å²) in [5, 5.41) is 8.09. The molecule has 0 spiro atoms. The van der Waals surface area contributed by atoms with E-state index >= 15 is 0 Å². The third kappa shape index (κ3) is 2.62. The van der Waals surface area contributed by atoms with Gasteiger partial charge in [-0.25, -0.2) is 0 Å². The zero-order chi connectivity index (χ0) is 13.8. The second kappa shape index (κ2) is 5.71. The quantitative estimate of drug-likeness (QED) is 0.770. The molecule has 5 nitrogen and oxygen atoms in total. The first kappa shape index (κ1) is 12.6. The molecule has 0 aliphatic rings. The van der Waals surface area contributed by atoms with Crippen molar-refractivity contribution in [2.24, 2.45) is 5.73 Å². The number of aromatic nitrogens is 2. The predicted octanol–water partition coefficient (Wildman–Crippen LogP) is 2.61.